The summed E-state index contributed by atoms with van der Waals surface area (Å²) in [5.74, 6) is -1.30. The van der Waals surface area contributed by atoms with Gasteiger partial charge in [0.25, 0.3) is 0 Å². The van der Waals surface area contributed by atoms with Crippen LogP contribution in [0.1, 0.15) is 57.8 Å². The Morgan fingerprint density at radius 3 is 2.06 bits per heavy atom. The van der Waals surface area contributed by atoms with Gasteiger partial charge in [0.05, 0.1) is 14.2 Å². The number of ketones is 1. The second-order valence-corrected chi connectivity index (χ2v) is 8.45. The van der Waals surface area contributed by atoms with E-state index < -0.39 is 35.7 Å². The molecule has 0 heterocycles. The number of ether oxygens (including phenoxy) is 3. The average Bonchev–Trinajstić information content (AvgIpc) is 2.74. The van der Waals surface area contributed by atoms with E-state index in [-0.39, 0.29) is 18.1 Å². The Bertz CT molecular complexity index is 800. The highest BCUT2D eigenvalue weighted by molar-refractivity contribution is 6.01. The average molecular weight is 451 g/mol. The fourth-order valence-electron chi connectivity index (χ4n) is 2.79. The van der Waals surface area contributed by atoms with Crippen molar-refractivity contribution in [3.05, 3.63) is 29.8 Å². The van der Waals surface area contributed by atoms with Crippen molar-refractivity contribution in [3.63, 3.8) is 0 Å². The molecule has 9 nitrogen and oxygen atoms in total. The van der Waals surface area contributed by atoms with Crippen molar-refractivity contribution in [1.29, 1.82) is 0 Å². The number of hydrogen-bond donors (Lipinski definition) is 2. The Kier molecular flexibility index (Phi) is 10.2. The second-order valence-electron chi connectivity index (χ2n) is 8.45. The summed E-state index contributed by atoms with van der Waals surface area (Å²) in [6, 6.07) is 4.21. The number of Topliss-reactive ketones (excluding diaryl/α,β-unsaturated/α-hetero) is 1. The number of benzene rings is 1. The SMILES string of the molecule is CC[C@H](C)[C@H](NC(=O)[C@H](CC(=O)c1ccc(OC)cc1)NC(=O)OC(C)(C)C)C(=O)OC. The summed E-state index contributed by atoms with van der Waals surface area (Å²) in [6.45, 7) is 8.71. The van der Waals surface area contributed by atoms with Gasteiger partial charge in [0, 0.05) is 12.0 Å². The molecule has 0 aromatic heterocycles. The normalized spacial score (nSPS) is 13.8. The molecule has 0 aliphatic rings. The lowest BCUT2D eigenvalue weighted by Gasteiger charge is -2.26. The maximum Gasteiger partial charge on any atom is 0.408 e. The monoisotopic (exact) mass is 450 g/mol. The van der Waals surface area contributed by atoms with Gasteiger partial charge in [-0.3, -0.25) is 9.59 Å². The first-order valence-electron chi connectivity index (χ1n) is 10.5. The fourth-order valence-corrected chi connectivity index (χ4v) is 2.79. The number of nitrogens with one attached hydrogen (secondary N) is 2. The van der Waals surface area contributed by atoms with Gasteiger partial charge in [-0.25, -0.2) is 9.59 Å². The number of rotatable bonds is 10. The fraction of sp³-hybridized carbons (Fsp3) is 0.565. The van der Waals surface area contributed by atoms with E-state index in [4.69, 9.17) is 14.2 Å². The first-order chi connectivity index (χ1) is 14.9. The van der Waals surface area contributed by atoms with Gasteiger partial charge in [-0.1, -0.05) is 20.3 Å². The smallest absolute Gasteiger partial charge is 0.408 e. The number of carbonyl (C=O) groups excluding carboxylic acids is 4. The molecule has 0 unspecified atom stereocenters. The van der Waals surface area contributed by atoms with Crippen molar-refractivity contribution >= 4 is 23.8 Å². The molecule has 0 spiro atoms. The molecule has 0 saturated carbocycles. The summed E-state index contributed by atoms with van der Waals surface area (Å²) in [7, 11) is 2.74. The highest BCUT2D eigenvalue weighted by Crippen LogP contribution is 2.15. The molecule has 1 aromatic carbocycles. The van der Waals surface area contributed by atoms with E-state index in [0.717, 1.165) is 0 Å². The van der Waals surface area contributed by atoms with Crippen molar-refractivity contribution in [1.82, 2.24) is 10.6 Å². The van der Waals surface area contributed by atoms with Gasteiger partial charge in [-0.15, -0.1) is 0 Å². The van der Waals surface area contributed by atoms with Crippen LogP contribution in [0, 0.1) is 5.92 Å². The summed E-state index contributed by atoms with van der Waals surface area (Å²) in [5, 5.41) is 5.05. The molecule has 1 aromatic rings. The summed E-state index contributed by atoms with van der Waals surface area (Å²) >= 11 is 0. The highest BCUT2D eigenvalue weighted by atomic mass is 16.6. The summed E-state index contributed by atoms with van der Waals surface area (Å²) < 4.78 is 15.1. The summed E-state index contributed by atoms with van der Waals surface area (Å²) in [5.41, 5.74) is -0.447. The first-order valence-corrected chi connectivity index (χ1v) is 10.5. The molecule has 0 aliphatic heterocycles. The van der Waals surface area contributed by atoms with Crippen molar-refractivity contribution in [3.8, 4) is 5.75 Å². The third-order valence-corrected chi connectivity index (χ3v) is 4.77. The van der Waals surface area contributed by atoms with Crippen LogP contribution in [-0.4, -0.2) is 55.7 Å². The number of esters is 1. The Balaban J connectivity index is 3.08. The predicted octanol–water partition coefficient (Wildman–Crippen LogP) is 2.87. The third kappa shape index (κ3) is 8.56. The predicted molar refractivity (Wildman–Crippen MR) is 119 cm³/mol. The largest absolute Gasteiger partial charge is 0.497 e. The Labute approximate surface area is 189 Å². The van der Waals surface area contributed by atoms with Gasteiger partial charge in [0.1, 0.15) is 23.4 Å². The van der Waals surface area contributed by atoms with Crippen LogP contribution in [-0.2, 0) is 19.1 Å². The highest BCUT2D eigenvalue weighted by Gasteiger charge is 2.32. The van der Waals surface area contributed by atoms with E-state index in [1.54, 1.807) is 52.0 Å². The van der Waals surface area contributed by atoms with Crippen LogP contribution in [0.2, 0.25) is 0 Å². The van der Waals surface area contributed by atoms with Gasteiger partial charge in [-0.05, 0) is 51.0 Å². The van der Waals surface area contributed by atoms with Crippen LogP contribution in [0.5, 0.6) is 5.75 Å². The molecule has 178 valence electrons. The van der Waals surface area contributed by atoms with E-state index >= 15 is 0 Å². The molecule has 2 N–H and O–H groups in total. The minimum atomic E-state index is -1.25. The molecule has 3 atom stereocenters. The molecular weight excluding hydrogens is 416 g/mol. The molecule has 0 aliphatic carbocycles. The zero-order valence-corrected chi connectivity index (χ0v) is 19.8. The number of methoxy groups -OCH3 is 2. The molecule has 32 heavy (non-hydrogen) atoms. The van der Waals surface area contributed by atoms with E-state index in [0.29, 0.717) is 17.7 Å². The molecule has 0 fully saturated rings. The molecule has 0 bridgehead atoms. The van der Waals surface area contributed by atoms with Gasteiger partial charge in [0.2, 0.25) is 5.91 Å². The molecule has 0 saturated heterocycles. The topological polar surface area (TPSA) is 120 Å². The van der Waals surface area contributed by atoms with Gasteiger partial charge < -0.3 is 24.8 Å². The van der Waals surface area contributed by atoms with Crippen molar-refractivity contribution < 1.29 is 33.4 Å². The maximum absolute atomic E-state index is 13.0. The van der Waals surface area contributed by atoms with E-state index in [9.17, 15) is 19.2 Å². The molecule has 9 heteroatoms. The molecule has 2 amide bonds. The zero-order chi connectivity index (χ0) is 24.5. The van der Waals surface area contributed by atoms with Gasteiger partial charge in [-0.2, -0.15) is 0 Å². The lowest BCUT2D eigenvalue weighted by molar-refractivity contribution is -0.146. The quantitative estimate of drug-likeness (QED) is 0.415. The first kappa shape index (κ1) is 26.9. The molecule has 0 radical (unpaired) electrons. The van der Waals surface area contributed by atoms with Crippen LogP contribution >= 0.6 is 0 Å². The van der Waals surface area contributed by atoms with Crippen LogP contribution in [0.25, 0.3) is 0 Å². The number of alkyl carbamates (subject to hydrolysis) is 1. The van der Waals surface area contributed by atoms with Gasteiger partial charge in [0.15, 0.2) is 5.78 Å². The standard InChI is InChI=1S/C23H34N2O7/c1-8-14(2)19(21(28)31-7)25-20(27)17(24-22(29)32-23(3,4)5)13-18(26)15-9-11-16(30-6)12-10-15/h9-12,14,17,19H,8,13H2,1-7H3,(H,24,29)(H,25,27)/t14-,17-,19-/m0/s1. The van der Waals surface area contributed by atoms with Crippen LogP contribution in [0.4, 0.5) is 4.79 Å². The van der Waals surface area contributed by atoms with Crippen LogP contribution < -0.4 is 15.4 Å². The molecule has 1 rings (SSSR count). The van der Waals surface area contributed by atoms with Gasteiger partial charge >= 0.3 is 12.1 Å². The number of carbonyl (C=O) groups is 4. The minimum Gasteiger partial charge on any atom is -0.497 e. The summed E-state index contributed by atoms with van der Waals surface area (Å²) in [6.07, 6.45) is -0.570. The van der Waals surface area contributed by atoms with Crippen molar-refractivity contribution in [2.45, 2.75) is 65.1 Å². The second kappa shape index (κ2) is 12.1. The minimum absolute atomic E-state index is 0.217. The number of hydrogen-bond acceptors (Lipinski definition) is 7. The van der Waals surface area contributed by atoms with E-state index in [1.807, 2.05) is 6.92 Å². The number of amides is 2. The van der Waals surface area contributed by atoms with Crippen molar-refractivity contribution in [2.75, 3.05) is 14.2 Å². The van der Waals surface area contributed by atoms with Crippen molar-refractivity contribution in [2.24, 2.45) is 5.92 Å². The van der Waals surface area contributed by atoms with Crippen LogP contribution in [0.15, 0.2) is 24.3 Å². The van der Waals surface area contributed by atoms with Crippen LogP contribution in [0.3, 0.4) is 0 Å². The zero-order valence-electron chi connectivity index (χ0n) is 19.8. The Morgan fingerprint density at radius 2 is 1.59 bits per heavy atom. The lowest BCUT2D eigenvalue weighted by atomic mass is 9.98. The molecular formula is C23H34N2O7. The Hall–Kier alpha value is -3.10. The lowest BCUT2D eigenvalue weighted by Crippen LogP contribution is -2.54. The third-order valence-electron chi connectivity index (χ3n) is 4.77. The Morgan fingerprint density at radius 1 is 1.00 bits per heavy atom. The maximum atomic E-state index is 13.0. The van der Waals surface area contributed by atoms with E-state index in [2.05, 4.69) is 10.6 Å². The summed E-state index contributed by atoms with van der Waals surface area (Å²) in [4.78, 5) is 50.3. The van der Waals surface area contributed by atoms with E-state index in [1.165, 1.54) is 14.2 Å².